The number of nitrogens with zero attached hydrogens (tertiary/aromatic N) is 1. The van der Waals surface area contributed by atoms with Crippen molar-refractivity contribution in [3.8, 4) is 0 Å². The molecule has 0 aliphatic carbocycles. The number of hydrogen-bond acceptors (Lipinski definition) is 4. The van der Waals surface area contributed by atoms with Crippen LogP contribution in [0.5, 0.6) is 0 Å². The van der Waals surface area contributed by atoms with Crippen molar-refractivity contribution in [2.45, 2.75) is 31.3 Å². The number of rotatable bonds is 6. The van der Waals surface area contributed by atoms with Crippen molar-refractivity contribution in [1.29, 1.82) is 0 Å². The second-order valence-corrected chi connectivity index (χ2v) is 8.10. The maximum Gasteiger partial charge on any atom is 0.324 e. The average molecular weight is 410 g/mol. The average Bonchev–Trinajstić information content (AvgIpc) is 3.18. The summed E-state index contributed by atoms with van der Waals surface area (Å²) in [5.41, 5.74) is 0.117. The third-order valence-corrected chi connectivity index (χ3v) is 6.24. The van der Waals surface area contributed by atoms with Gasteiger partial charge in [-0.1, -0.05) is 42.5 Å². The summed E-state index contributed by atoms with van der Waals surface area (Å²) in [5, 5.41) is 12.8. The van der Waals surface area contributed by atoms with Gasteiger partial charge in [-0.25, -0.2) is 4.39 Å². The highest BCUT2D eigenvalue weighted by molar-refractivity contribution is 6.09. The van der Waals surface area contributed by atoms with Crippen LogP contribution in [0.4, 0.5) is 4.39 Å². The van der Waals surface area contributed by atoms with E-state index in [1.165, 1.54) is 36.1 Å². The number of carboxylic acids is 1. The molecule has 7 heteroatoms. The molecule has 2 fully saturated rings. The fourth-order valence-electron chi connectivity index (χ4n) is 4.66. The van der Waals surface area contributed by atoms with Gasteiger partial charge in [-0.05, 0) is 43.0 Å². The van der Waals surface area contributed by atoms with Gasteiger partial charge in [0.2, 0.25) is 11.8 Å². The van der Waals surface area contributed by atoms with Gasteiger partial charge in [0.25, 0.3) is 0 Å². The number of amides is 2. The molecule has 2 aliphatic rings. The first-order chi connectivity index (χ1) is 14.3. The van der Waals surface area contributed by atoms with E-state index in [4.69, 9.17) is 0 Å². The molecule has 0 bridgehead atoms. The van der Waals surface area contributed by atoms with Crippen LogP contribution in [0, 0.1) is 17.7 Å². The number of hydrogen-bond donors (Lipinski definition) is 2. The molecule has 6 nitrogen and oxygen atoms in total. The lowest BCUT2D eigenvalue weighted by atomic mass is 9.80. The van der Waals surface area contributed by atoms with E-state index in [-0.39, 0.29) is 12.5 Å². The Kier molecular flexibility index (Phi) is 5.15. The number of imide groups is 1. The van der Waals surface area contributed by atoms with Gasteiger partial charge in [0.05, 0.1) is 11.8 Å². The molecule has 30 heavy (non-hydrogen) atoms. The minimum Gasteiger partial charge on any atom is -0.480 e. The second kappa shape index (κ2) is 7.65. The van der Waals surface area contributed by atoms with E-state index in [9.17, 15) is 23.9 Å². The highest BCUT2D eigenvalue weighted by Gasteiger charge is 2.66. The molecule has 2 N–H and O–H groups in total. The van der Waals surface area contributed by atoms with Gasteiger partial charge in [-0.2, -0.15) is 0 Å². The number of aliphatic carboxylic acids is 1. The first-order valence-corrected chi connectivity index (χ1v) is 9.98. The topological polar surface area (TPSA) is 86.7 Å². The monoisotopic (exact) mass is 410 g/mol. The van der Waals surface area contributed by atoms with Crippen LogP contribution in [0.2, 0.25) is 0 Å². The van der Waals surface area contributed by atoms with Gasteiger partial charge < -0.3 is 5.11 Å². The standard InChI is InChI=1S/C23H23FN2O4/c1-23(22(29)30)18-17(19(25-23)15-9-11-16(24)12-10-15)20(27)26(21(18)28)13-5-8-14-6-3-2-4-7-14/h2-4,6-7,9-12,17-19,25H,5,8,13H2,1H3,(H,29,30). The Morgan fingerprint density at radius 3 is 2.40 bits per heavy atom. The number of benzene rings is 2. The van der Waals surface area contributed by atoms with Crippen LogP contribution in [-0.4, -0.2) is 39.9 Å². The number of carbonyl (C=O) groups is 3. The van der Waals surface area contributed by atoms with Crippen LogP contribution < -0.4 is 5.32 Å². The molecule has 0 spiro atoms. The molecule has 2 heterocycles. The zero-order valence-electron chi connectivity index (χ0n) is 16.5. The molecule has 156 valence electrons. The predicted octanol–water partition coefficient (Wildman–Crippen LogP) is 2.55. The molecule has 4 atom stereocenters. The molecule has 0 radical (unpaired) electrons. The normalized spacial score (nSPS) is 28.1. The quantitative estimate of drug-likeness (QED) is 0.715. The molecular formula is C23H23FN2O4. The van der Waals surface area contributed by atoms with E-state index < -0.39 is 41.1 Å². The van der Waals surface area contributed by atoms with E-state index >= 15 is 0 Å². The summed E-state index contributed by atoms with van der Waals surface area (Å²) >= 11 is 0. The summed E-state index contributed by atoms with van der Waals surface area (Å²) in [6.45, 7) is 1.68. The Hall–Kier alpha value is -3.06. The van der Waals surface area contributed by atoms with Crippen molar-refractivity contribution in [3.63, 3.8) is 0 Å². The molecule has 2 aliphatic heterocycles. The van der Waals surface area contributed by atoms with Crippen molar-refractivity contribution in [1.82, 2.24) is 10.2 Å². The summed E-state index contributed by atoms with van der Waals surface area (Å²) in [5.74, 6) is -4.28. The van der Waals surface area contributed by atoms with Crippen LogP contribution in [0.15, 0.2) is 54.6 Å². The van der Waals surface area contributed by atoms with E-state index in [0.29, 0.717) is 18.4 Å². The molecule has 2 aromatic rings. The van der Waals surface area contributed by atoms with Crippen LogP contribution in [0.1, 0.15) is 30.5 Å². The number of carbonyl (C=O) groups excluding carboxylic acids is 2. The maximum atomic E-state index is 13.4. The van der Waals surface area contributed by atoms with Gasteiger partial charge >= 0.3 is 5.97 Å². The van der Waals surface area contributed by atoms with Crippen LogP contribution >= 0.6 is 0 Å². The van der Waals surface area contributed by atoms with Crippen LogP contribution in [0.25, 0.3) is 0 Å². The van der Waals surface area contributed by atoms with Crippen molar-refractivity contribution >= 4 is 17.8 Å². The molecular weight excluding hydrogens is 387 g/mol. The first kappa shape index (κ1) is 20.2. The lowest BCUT2D eigenvalue weighted by molar-refractivity contribution is -0.150. The lowest BCUT2D eigenvalue weighted by Crippen LogP contribution is -2.53. The van der Waals surface area contributed by atoms with Crippen molar-refractivity contribution in [3.05, 3.63) is 71.5 Å². The summed E-state index contributed by atoms with van der Waals surface area (Å²) in [7, 11) is 0. The minimum atomic E-state index is -1.58. The van der Waals surface area contributed by atoms with Gasteiger partial charge in [0.15, 0.2) is 0 Å². The molecule has 0 aromatic heterocycles. The molecule has 0 saturated carbocycles. The molecule has 2 amide bonds. The molecule has 2 aromatic carbocycles. The molecule has 4 unspecified atom stereocenters. The van der Waals surface area contributed by atoms with Gasteiger partial charge in [0, 0.05) is 12.6 Å². The summed E-state index contributed by atoms with van der Waals surface area (Å²) in [6.07, 6.45) is 1.31. The largest absolute Gasteiger partial charge is 0.480 e. The molecule has 2 saturated heterocycles. The Balaban J connectivity index is 1.59. The van der Waals surface area contributed by atoms with Crippen LogP contribution in [0.3, 0.4) is 0 Å². The van der Waals surface area contributed by atoms with Crippen molar-refractivity contribution < 1.29 is 23.9 Å². The number of carboxylic acid groups (broad SMARTS) is 1. The first-order valence-electron chi connectivity index (χ1n) is 9.98. The zero-order valence-corrected chi connectivity index (χ0v) is 16.5. The minimum absolute atomic E-state index is 0.241. The summed E-state index contributed by atoms with van der Waals surface area (Å²) < 4.78 is 13.4. The number of fused-ring (bicyclic) bond motifs is 1. The Labute approximate surface area is 173 Å². The fourth-order valence-corrected chi connectivity index (χ4v) is 4.66. The van der Waals surface area contributed by atoms with Crippen molar-refractivity contribution in [2.24, 2.45) is 11.8 Å². The highest BCUT2D eigenvalue weighted by atomic mass is 19.1. The summed E-state index contributed by atoms with van der Waals surface area (Å²) in [6, 6.07) is 14.7. The lowest BCUT2D eigenvalue weighted by Gasteiger charge is -2.27. The third kappa shape index (κ3) is 3.29. The Morgan fingerprint density at radius 2 is 1.77 bits per heavy atom. The third-order valence-electron chi connectivity index (χ3n) is 6.24. The van der Waals surface area contributed by atoms with Gasteiger partial charge in [-0.15, -0.1) is 0 Å². The van der Waals surface area contributed by atoms with E-state index in [0.717, 1.165) is 5.56 Å². The van der Waals surface area contributed by atoms with E-state index in [2.05, 4.69) is 5.32 Å². The number of nitrogens with one attached hydrogen (secondary N) is 1. The zero-order chi connectivity index (χ0) is 21.5. The van der Waals surface area contributed by atoms with E-state index in [1.54, 1.807) is 0 Å². The Morgan fingerprint density at radius 1 is 1.10 bits per heavy atom. The Bertz CT molecular complexity index is 978. The van der Waals surface area contributed by atoms with Crippen molar-refractivity contribution in [2.75, 3.05) is 6.54 Å². The number of halogens is 1. The van der Waals surface area contributed by atoms with E-state index in [1.807, 2.05) is 30.3 Å². The summed E-state index contributed by atoms with van der Waals surface area (Å²) in [4.78, 5) is 39.6. The predicted molar refractivity (Wildman–Crippen MR) is 107 cm³/mol. The molecule has 4 rings (SSSR count). The number of likely N-dealkylation sites (tertiary alicyclic amines) is 1. The fraction of sp³-hybridized carbons (Fsp3) is 0.348. The number of aryl methyl sites for hydroxylation is 1. The van der Waals surface area contributed by atoms with Crippen LogP contribution in [-0.2, 0) is 20.8 Å². The second-order valence-electron chi connectivity index (χ2n) is 8.10. The maximum absolute atomic E-state index is 13.4. The van der Waals surface area contributed by atoms with Gasteiger partial charge in [-0.3, -0.25) is 24.6 Å². The van der Waals surface area contributed by atoms with Gasteiger partial charge in [0.1, 0.15) is 11.4 Å². The SMILES string of the molecule is CC1(C(=O)O)NC(c2ccc(F)cc2)C2C(=O)N(CCCc3ccccc3)C(=O)C21. The smallest absolute Gasteiger partial charge is 0.324 e. The highest BCUT2D eigenvalue weighted by Crippen LogP contribution is 2.48.